The van der Waals surface area contributed by atoms with E-state index < -0.39 is 38.3 Å². The fourth-order valence-corrected chi connectivity index (χ4v) is 1.42. The molecule has 0 aromatic heterocycles. The average molecular weight is 257 g/mol. The van der Waals surface area contributed by atoms with Crippen molar-refractivity contribution in [3.8, 4) is 0 Å². The lowest BCUT2D eigenvalue weighted by molar-refractivity contribution is -0.140. The molecule has 0 saturated carbocycles. The van der Waals surface area contributed by atoms with E-state index in [0.29, 0.717) is 19.3 Å². The zero-order chi connectivity index (χ0) is 13.5. The van der Waals surface area contributed by atoms with Crippen LogP contribution in [0.15, 0.2) is 0 Å². The standard InChI is InChI=1S/C9H19BF3NO3/c11-9(12,13)5-4-8(15)7(14)3-1-2-6-10(16)17/h7-8,15-17H,1-6,14H2. The van der Waals surface area contributed by atoms with Gasteiger partial charge in [0.2, 0.25) is 0 Å². The molecule has 0 aliphatic carbocycles. The van der Waals surface area contributed by atoms with Gasteiger partial charge in [-0.3, -0.25) is 0 Å². The molecule has 0 aliphatic heterocycles. The van der Waals surface area contributed by atoms with Crippen LogP contribution in [0.25, 0.3) is 0 Å². The summed E-state index contributed by atoms with van der Waals surface area (Å²) < 4.78 is 35.6. The number of hydrogen-bond acceptors (Lipinski definition) is 4. The minimum atomic E-state index is -4.28. The highest BCUT2D eigenvalue weighted by Gasteiger charge is 2.29. The molecule has 0 heterocycles. The van der Waals surface area contributed by atoms with Crippen LogP contribution in [0.3, 0.4) is 0 Å². The first-order chi connectivity index (χ1) is 7.72. The van der Waals surface area contributed by atoms with E-state index in [1.165, 1.54) is 0 Å². The normalized spacial score (nSPS) is 15.7. The molecule has 8 heteroatoms. The van der Waals surface area contributed by atoms with Gasteiger partial charge in [-0.1, -0.05) is 12.8 Å². The van der Waals surface area contributed by atoms with Crippen molar-refractivity contribution in [3.63, 3.8) is 0 Å². The molecule has 0 aromatic carbocycles. The van der Waals surface area contributed by atoms with Crippen LogP contribution in [0, 0.1) is 0 Å². The third-order valence-electron chi connectivity index (χ3n) is 2.47. The van der Waals surface area contributed by atoms with E-state index in [-0.39, 0.29) is 6.32 Å². The van der Waals surface area contributed by atoms with Crippen molar-refractivity contribution < 1.29 is 28.3 Å². The molecule has 0 amide bonds. The molecule has 5 N–H and O–H groups in total. The Morgan fingerprint density at radius 2 is 1.71 bits per heavy atom. The van der Waals surface area contributed by atoms with Crippen molar-refractivity contribution in [2.75, 3.05) is 0 Å². The van der Waals surface area contributed by atoms with Gasteiger partial charge in [0, 0.05) is 12.5 Å². The SMILES string of the molecule is NC(CCCCB(O)O)C(O)CCC(F)(F)F. The lowest BCUT2D eigenvalue weighted by Gasteiger charge is -2.19. The van der Waals surface area contributed by atoms with Crippen molar-refractivity contribution in [1.82, 2.24) is 0 Å². The third-order valence-corrected chi connectivity index (χ3v) is 2.47. The Morgan fingerprint density at radius 3 is 2.18 bits per heavy atom. The average Bonchev–Trinajstić information content (AvgIpc) is 2.19. The Morgan fingerprint density at radius 1 is 1.12 bits per heavy atom. The van der Waals surface area contributed by atoms with Gasteiger partial charge in [0.1, 0.15) is 0 Å². The number of alkyl halides is 3. The summed E-state index contributed by atoms with van der Waals surface area (Å²) in [4.78, 5) is 0. The molecule has 4 nitrogen and oxygen atoms in total. The molecule has 17 heavy (non-hydrogen) atoms. The number of unbranched alkanes of at least 4 members (excludes halogenated alkanes) is 1. The molecule has 0 fully saturated rings. The van der Waals surface area contributed by atoms with Gasteiger partial charge in [-0.25, -0.2) is 0 Å². The minimum Gasteiger partial charge on any atom is -0.427 e. The summed E-state index contributed by atoms with van der Waals surface area (Å²) in [6.07, 6.45) is -5.27. The van der Waals surface area contributed by atoms with Gasteiger partial charge in [0.05, 0.1) is 6.10 Å². The van der Waals surface area contributed by atoms with Gasteiger partial charge >= 0.3 is 13.3 Å². The minimum absolute atomic E-state index is 0.200. The summed E-state index contributed by atoms with van der Waals surface area (Å²) in [7, 11) is -1.37. The van der Waals surface area contributed by atoms with E-state index in [1.54, 1.807) is 0 Å². The summed E-state index contributed by atoms with van der Waals surface area (Å²) in [6, 6.07) is -0.701. The molecule has 2 atom stereocenters. The van der Waals surface area contributed by atoms with Crippen LogP contribution in [-0.4, -0.2) is 40.6 Å². The Balaban J connectivity index is 3.64. The van der Waals surface area contributed by atoms with E-state index in [4.69, 9.17) is 15.8 Å². The summed E-state index contributed by atoms with van der Waals surface area (Å²) >= 11 is 0. The fourth-order valence-electron chi connectivity index (χ4n) is 1.42. The second-order valence-corrected chi connectivity index (χ2v) is 4.15. The summed E-state index contributed by atoms with van der Waals surface area (Å²) in [5.74, 6) is 0. The summed E-state index contributed by atoms with van der Waals surface area (Å²) in [5, 5.41) is 26.5. The van der Waals surface area contributed by atoms with Crippen molar-refractivity contribution in [2.45, 2.75) is 56.7 Å². The highest BCUT2D eigenvalue weighted by molar-refractivity contribution is 6.40. The molecule has 0 rings (SSSR count). The van der Waals surface area contributed by atoms with Crippen LogP contribution in [0.4, 0.5) is 13.2 Å². The first kappa shape index (κ1) is 16.7. The summed E-state index contributed by atoms with van der Waals surface area (Å²) in [5.41, 5.74) is 5.52. The zero-order valence-electron chi connectivity index (χ0n) is 9.53. The van der Waals surface area contributed by atoms with E-state index >= 15 is 0 Å². The van der Waals surface area contributed by atoms with Gasteiger partial charge < -0.3 is 20.9 Å². The number of halogens is 3. The van der Waals surface area contributed by atoms with Crippen LogP contribution < -0.4 is 5.73 Å². The lowest BCUT2D eigenvalue weighted by Crippen LogP contribution is -2.35. The molecule has 0 radical (unpaired) electrons. The monoisotopic (exact) mass is 257 g/mol. The first-order valence-corrected chi connectivity index (χ1v) is 5.59. The van der Waals surface area contributed by atoms with Gasteiger partial charge in [-0.15, -0.1) is 0 Å². The van der Waals surface area contributed by atoms with E-state index in [0.717, 1.165) is 0 Å². The van der Waals surface area contributed by atoms with E-state index in [2.05, 4.69) is 0 Å². The van der Waals surface area contributed by atoms with Crippen LogP contribution in [-0.2, 0) is 0 Å². The molecule has 2 unspecified atom stereocenters. The van der Waals surface area contributed by atoms with Crippen LogP contribution in [0.1, 0.15) is 32.1 Å². The highest BCUT2D eigenvalue weighted by atomic mass is 19.4. The maximum atomic E-state index is 11.9. The number of nitrogens with two attached hydrogens (primary N) is 1. The lowest BCUT2D eigenvalue weighted by atomic mass is 9.83. The van der Waals surface area contributed by atoms with Crippen molar-refractivity contribution >= 4 is 7.12 Å². The number of aliphatic hydroxyl groups is 1. The van der Waals surface area contributed by atoms with Crippen molar-refractivity contribution in [3.05, 3.63) is 0 Å². The Labute approximate surface area is 98.8 Å². The smallest absolute Gasteiger partial charge is 0.427 e. The van der Waals surface area contributed by atoms with Crippen LogP contribution >= 0.6 is 0 Å². The quantitative estimate of drug-likeness (QED) is 0.380. The number of rotatable bonds is 8. The molecule has 0 aromatic rings. The fraction of sp³-hybridized carbons (Fsp3) is 1.00. The molecular formula is C9H19BF3NO3. The number of hydrogen-bond donors (Lipinski definition) is 4. The Bertz CT molecular complexity index is 204. The molecular weight excluding hydrogens is 238 g/mol. The maximum absolute atomic E-state index is 11.9. The van der Waals surface area contributed by atoms with Crippen LogP contribution in [0.5, 0.6) is 0 Å². The van der Waals surface area contributed by atoms with Crippen molar-refractivity contribution in [2.24, 2.45) is 5.73 Å². The van der Waals surface area contributed by atoms with Gasteiger partial charge in [0.25, 0.3) is 0 Å². The predicted molar refractivity (Wildman–Crippen MR) is 58.1 cm³/mol. The zero-order valence-corrected chi connectivity index (χ0v) is 9.53. The largest absolute Gasteiger partial charge is 0.451 e. The van der Waals surface area contributed by atoms with Gasteiger partial charge in [-0.2, -0.15) is 13.2 Å². The van der Waals surface area contributed by atoms with Gasteiger partial charge in [-0.05, 0) is 19.2 Å². The maximum Gasteiger partial charge on any atom is 0.451 e. The van der Waals surface area contributed by atoms with Crippen molar-refractivity contribution in [1.29, 1.82) is 0 Å². The highest BCUT2D eigenvalue weighted by Crippen LogP contribution is 2.23. The predicted octanol–water partition coefficient (Wildman–Crippen LogP) is 0.660. The van der Waals surface area contributed by atoms with E-state index in [9.17, 15) is 18.3 Å². The second-order valence-electron chi connectivity index (χ2n) is 4.15. The number of aliphatic hydroxyl groups excluding tert-OH is 1. The second kappa shape index (κ2) is 7.91. The Hall–Kier alpha value is -0.305. The molecule has 0 aliphatic rings. The topological polar surface area (TPSA) is 86.7 Å². The summed E-state index contributed by atoms with van der Waals surface area (Å²) in [6.45, 7) is 0. The third kappa shape index (κ3) is 10.6. The molecule has 0 bridgehead atoms. The van der Waals surface area contributed by atoms with Crippen LogP contribution in [0.2, 0.25) is 6.32 Å². The van der Waals surface area contributed by atoms with Gasteiger partial charge in [0.15, 0.2) is 0 Å². The Kier molecular flexibility index (Phi) is 7.77. The van der Waals surface area contributed by atoms with E-state index in [1.807, 2.05) is 0 Å². The first-order valence-electron chi connectivity index (χ1n) is 5.59. The molecule has 0 saturated heterocycles. The molecule has 0 spiro atoms. The molecule has 102 valence electrons.